The molecule has 0 spiro atoms. The number of pyridine rings is 1. The van der Waals surface area contributed by atoms with Crippen molar-refractivity contribution in [2.24, 2.45) is 0 Å². The molecule has 4 nitrogen and oxygen atoms in total. The monoisotopic (exact) mass is 380 g/mol. The van der Waals surface area contributed by atoms with Gasteiger partial charge in [0.15, 0.2) is 0 Å². The molecule has 19 heavy (non-hydrogen) atoms. The molecule has 2 aromatic heterocycles. The van der Waals surface area contributed by atoms with Crippen LogP contribution in [0.5, 0.6) is 0 Å². The van der Waals surface area contributed by atoms with Crippen molar-refractivity contribution >= 4 is 48.9 Å². The normalized spacial score (nSPS) is 13.4. The summed E-state index contributed by atoms with van der Waals surface area (Å²) in [6.45, 7) is 1.78. The van der Waals surface area contributed by atoms with E-state index < -0.39 is 10.0 Å². The zero-order valence-electron chi connectivity index (χ0n) is 9.80. The van der Waals surface area contributed by atoms with Gasteiger partial charge in [-0.3, -0.25) is 0 Å². The fourth-order valence-electron chi connectivity index (χ4n) is 1.48. The number of nitrogens with one attached hydrogen (secondary N) is 1. The Bertz CT molecular complexity index is 674. The topological polar surface area (TPSA) is 59.1 Å². The highest BCUT2D eigenvalue weighted by Gasteiger charge is 2.22. The van der Waals surface area contributed by atoms with Crippen molar-refractivity contribution in [2.45, 2.75) is 17.9 Å². The van der Waals surface area contributed by atoms with E-state index in [2.05, 4.69) is 25.6 Å². The lowest BCUT2D eigenvalue weighted by molar-refractivity contribution is 0.567. The number of aromatic nitrogens is 1. The largest absolute Gasteiger partial charge is 0.244 e. The summed E-state index contributed by atoms with van der Waals surface area (Å²) in [6.07, 6.45) is 1.45. The molecule has 0 fully saturated rings. The van der Waals surface area contributed by atoms with Gasteiger partial charge in [0, 0.05) is 16.7 Å². The Hall–Kier alpha value is -0.470. The highest BCUT2D eigenvalue weighted by atomic mass is 79.9. The minimum Gasteiger partial charge on any atom is -0.242 e. The van der Waals surface area contributed by atoms with E-state index in [1.54, 1.807) is 6.92 Å². The first-order valence-electron chi connectivity index (χ1n) is 5.25. The summed E-state index contributed by atoms with van der Waals surface area (Å²) in [5.41, 5.74) is 0.910. The van der Waals surface area contributed by atoms with Crippen LogP contribution in [0.1, 0.15) is 18.5 Å². The fourth-order valence-corrected chi connectivity index (χ4v) is 4.41. The number of nitrogens with zero attached hydrogens (tertiary/aromatic N) is 1. The third-order valence-corrected chi connectivity index (χ3v) is 5.54. The SMILES string of the molecule is CC(NS(=O)(=O)c1cc(Br)cnc1Cl)c1ccsc1. The van der Waals surface area contributed by atoms with Gasteiger partial charge in [0.1, 0.15) is 10.0 Å². The third kappa shape index (κ3) is 3.55. The van der Waals surface area contributed by atoms with Gasteiger partial charge in [-0.2, -0.15) is 11.3 Å². The van der Waals surface area contributed by atoms with Crippen molar-refractivity contribution in [1.82, 2.24) is 9.71 Å². The van der Waals surface area contributed by atoms with E-state index in [0.29, 0.717) is 4.47 Å². The molecular formula is C11H10BrClN2O2S2. The van der Waals surface area contributed by atoms with E-state index in [1.807, 2.05) is 16.8 Å². The van der Waals surface area contributed by atoms with Crippen molar-refractivity contribution in [3.8, 4) is 0 Å². The number of rotatable bonds is 4. The summed E-state index contributed by atoms with van der Waals surface area (Å²) in [6, 6.07) is 2.97. The molecule has 1 N–H and O–H groups in total. The van der Waals surface area contributed by atoms with Crippen LogP contribution in [0, 0.1) is 0 Å². The van der Waals surface area contributed by atoms with Gasteiger partial charge >= 0.3 is 0 Å². The van der Waals surface area contributed by atoms with E-state index >= 15 is 0 Å². The van der Waals surface area contributed by atoms with Crippen LogP contribution in [-0.2, 0) is 10.0 Å². The predicted octanol–water partition coefficient (Wildman–Crippen LogP) is 3.60. The number of halogens is 2. The van der Waals surface area contributed by atoms with Crippen LogP contribution in [0.4, 0.5) is 0 Å². The number of hydrogen-bond acceptors (Lipinski definition) is 4. The average molecular weight is 382 g/mol. The molecule has 2 heterocycles. The van der Waals surface area contributed by atoms with Crippen molar-refractivity contribution in [1.29, 1.82) is 0 Å². The van der Waals surface area contributed by atoms with Crippen molar-refractivity contribution in [3.63, 3.8) is 0 Å². The summed E-state index contributed by atoms with van der Waals surface area (Å²) in [4.78, 5) is 3.78. The van der Waals surface area contributed by atoms with E-state index in [0.717, 1.165) is 5.56 Å². The van der Waals surface area contributed by atoms with Crippen LogP contribution in [0.15, 0.2) is 38.5 Å². The minimum atomic E-state index is -3.71. The predicted molar refractivity (Wildman–Crippen MR) is 80.0 cm³/mol. The van der Waals surface area contributed by atoms with Crippen LogP contribution in [0.2, 0.25) is 5.15 Å². The van der Waals surface area contributed by atoms with Gasteiger partial charge in [0.05, 0.1) is 0 Å². The molecule has 0 bridgehead atoms. The van der Waals surface area contributed by atoms with Crippen LogP contribution in [0.3, 0.4) is 0 Å². The maximum absolute atomic E-state index is 12.3. The quantitative estimate of drug-likeness (QED) is 0.823. The molecule has 1 unspecified atom stereocenters. The molecule has 0 aliphatic carbocycles. The van der Waals surface area contributed by atoms with Gasteiger partial charge in [-0.25, -0.2) is 18.1 Å². The summed E-state index contributed by atoms with van der Waals surface area (Å²) < 4.78 is 27.6. The summed E-state index contributed by atoms with van der Waals surface area (Å²) >= 11 is 10.5. The molecule has 0 amide bonds. The molecule has 0 aliphatic rings. The Kier molecular flexibility index (Phi) is 4.62. The first kappa shape index (κ1) is 14.9. The molecule has 102 valence electrons. The summed E-state index contributed by atoms with van der Waals surface area (Å²) in [5, 5.41) is 3.75. The molecular weight excluding hydrogens is 372 g/mol. The Balaban J connectivity index is 2.30. The fraction of sp³-hybridized carbons (Fsp3) is 0.182. The first-order chi connectivity index (χ1) is 8.90. The lowest BCUT2D eigenvalue weighted by Gasteiger charge is -2.13. The maximum Gasteiger partial charge on any atom is 0.244 e. The Labute approximate surface area is 129 Å². The van der Waals surface area contributed by atoms with Gasteiger partial charge < -0.3 is 0 Å². The van der Waals surface area contributed by atoms with E-state index in [-0.39, 0.29) is 16.1 Å². The number of thiophene rings is 1. The van der Waals surface area contributed by atoms with Crippen molar-refractivity contribution in [2.75, 3.05) is 0 Å². The van der Waals surface area contributed by atoms with Crippen molar-refractivity contribution < 1.29 is 8.42 Å². The molecule has 0 radical (unpaired) electrons. The summed E-state index contributed by atoms with van der Waals surface area (Å²) in [5.74, 6) is 0. The van der Waals surface area contributed by atoms with Gasteiger partial charge in [0.25, 0.3) is 0 Å². The zero-order valence-corrected chi connectivity index (χ0v) is 13.8. The Morgan fingerprint density at radius 2 is 2.26 bits per heavy atom. The second-order valence-electron chi connectivity index (χ2n) is 3.84. The highest BCUT2D eigenvalue weighted by molar-refractivity contribution is 9.10. The van der Waals surface area contributed by atoms with Crippen LogP contribution in [-0.4, -0.2) is 13.4 Å². The second kappa shape index (κ2) is 5.88. The highest BCUT2D eigenvalue weighted by Crippen LogP contribution is 2.25. The van der Waals surface area contributed by atoms with E-state index in [4.69, 9.17) is 11.6 Å². The lowest BCUT2D eigenvalue weighted by Crippen LogP contribution is -2.27. The van der Waals surface area contributed by atoms with Crippen LogP contribution in [0.25, 0.3) is 0 Å². The summed E-state index contributed by atoms with van der Waals surface area (Å²) in [7, 11) is -3.71. The lowest BCUT2D eigenvalue weighted by atomic mass is 10.2. The van der Waals surface area contributed by atoms with Gasteiger partial charge in [0.2, 0.25) is 10.0 Å². The van der Waals surface area contributed by atoms with Gasteiger partial charge in [-0.15, -0.1) is 0 Å². The molecule has 0 saturated heterocycles. The molecule has 2 rings (SSSR count). The molecule has 2 aromatic rings. The Morgan fingerprint density at radius 3 is 2.89 bits per heavy atom. The average Bonchev–Trinajstić information content (AvgIpc) is 2.85. The third-order valence-electron chi connectivity index (χ3n) is 2.44. The van der Waals surface area contributed by atoms with E-state index in [1.165, 1.54) is 23.6 Å². The van der Waals surface area contributed by atoms with Crippen LogP contribution < -0.4 is 4.72 Å². The van der Waals surface area contributed by atoms with E-state index in [9.17, 15) is 8.42 Å². The van der Waals surface area contributed by atoms with Gasteiger partial charge in [-0.05, 0) is 51.3 Å². The Morgan fingerprint density at radius 1 is 1.53 bits per heavy atom. The second-order valence-corrected chi connectivity index (χ2v) is 7.58. The molecule has 1 atom stereocenters. The zero-order chi connectivity index (χ0) is 14.0. The number of hydrogen-bond donors (Lipinski definition) is 1. The maximum atomic E-state index is 12.3. The number of sulfonamides is 1. The molecule has 8 heteroatoms. The standard InChI is InChI=1S/C11H10BrClN2O2S2/c1-7(8-2-3-18-6-8)15-19(16,17)10-4-9(12)5-14-11(10)13/h2-7,15H,1H3. The van der Waals surface area contributed by atoms with Gasteiger partial charge in [-0.1, -0.05) is 11.6 Å². The molecule has 0 aromatic carbocycles. The molecule has 0 saturated carbocycles. The minimum absolute atomic E-state index is 0.0365. The van der Waals surface area contributed by atoms with Crippen LogP contribution >= 0.6 is 38.9 Å². The smallest absolute Gasteiger partial charge is 0.242 e. The molecule has 0 aliphatic heterocycles. The first-order valence-corrected chi connectivity index (χ1v) is 8.85. The van der Waals surface area contributed by atoms with Crippen molar-refractivity contribution in [3.05, 3.63) is 44.3 Å².